The Morgan fingerprint density at radius 2 is 1.41 bits per heavy atom. The van der Waals surface area contributed by atoms with Gasteiger partial charge in [-0.2, -0.15) is 0 Å². The van der Waals surface area contributed by atoms with E-state index in [2.05, 4.69) is 5.32 Å². The summed E-state index contributed by atoms with van der Waals surface area (Å²) in [6, 6.07) is 24.8. The number of ether oxygens (including phenoxy) is 2. The minimum absolute atomic E-state index is 0.190. The Bertz CT molecular complexity index is 1670. The third-order valence-electron chi connectivity index (χ3n) is 6.13. The summed E-state index contributed by atoms with van der Waals surface area (Å²) in [4.78, 5) is 39.5. The lowest BCUT2D eigenvalue weighted by Crippen LogP contribution is -2.54. The smallest absolute Gasteiger partial charge is 0.335 e. The van der Waals surface area contributed by atoms with Gasteiger partial charge in [0.1, 0.15) is 30.3 Å². The third kappa shape index (κ3) is 6.72. The molecule has 0 spiro atoms. The number of urea groups is 1. The molecule has 0 saturated carbocycles. The van der Waals surface area contributed by atoms with E-state index in [-0.39, 0.29) is 24.5 Å². The Kier molecular flexibility index (Phi) is 8.59. The second-order valence-corrected chi connectivity index (χ2v) is 10.2. The number of nitrogens with one attached hydrogen (secondary N) is 1. The highest BCUT2D eigenvalue weighted by molar-refractivity contribution is 6.39. The van der Waals surface area contributed by atoms with Crippen LogP contribution in [0.15, 0.2) is 96.6 Å². The number of halogens is 3. The lowest BCUT2D eigenvalue weighted by Gasteiger charge is -2.26. The van der Waals surface area contributed by atoms with Crippen molar-refractivity contribution in [3.63, 3.8) is 0 Å². The first kappa shape index (κ1) is 28.2. The molecule has 0 bridgehead atoms. The molecule has 41 heavy (non-hydrogen) atoms. The molecule has 1 heterocycles. The number of anilines is 1. The van der Waals surface area contributed by atoms with Gasteiger partial charge < -0.3 is 9.47 Å². The molecule has 206 valence electrons. The molecule has 0 radical (unpaired) electrons. The van der Waals surface area contributed by atoms with Crippen LogP contribution >= 0.6 is 34.8 Å². The summed E-state index contributed by atoms with van der Waals surface area (Å²) in [7, 11) is 0. The van der Waals surface area contributed by atoms with Gasteiger partial charge in [0.25, 0.3) is 11.8 Å². The van der Waals surface area contributed by atoms with Crippen molar-refractivity contribution in [2.75, 3.05) is 4.90 Å². The average molecular weight is 608 g/mol. The van der Waals surface area contributed by atoms with Crippen molar-refractivity contribution in [1.29, 1.82) is 0 Å². The van der Waals surface area contributed by atoms with Crippen LogP contribution < -0.4 is 19.7 Å². The Hall–Kier alpha value is -4.30. The molecule has 1 aliphatic heterocycles. The lowest BCUT2D eigenvalue weighted by molar-refractivity contribution is -0.122. The van der Waals surface area contributed by atoms with E-state index in [0.29, 0.717) is 32.1 Å². The molecule has 7 nitrogen and oxygen atoms in total. The van der Waals surface area contributed by atoms with Crippen LogP contribution in [-0.2, 0) is 22.8 Å². The van der Waals surface area contributed by atoms with E-state index >= 15 is 0 Å². The van der Waals surface area contributed by atoms with Gasteiger partial charge in [-0.1, -0.05) is 71.2 Å². The SMILES string of the molecule is O=C1NC(=O)N(c2ccc(OCc3ccccc3Cl)cc2)C(=O)/C1=C\c1cccc(OCc2ccc(Cl)cc2Cl)c1. The monoisotopic (exact) mass is 606 g/mol. The quantitative estimate of drug-likeness (QED) is 0.166. The number of hydrogen-bond acceptors (Lipinski definition) is 5. The average Bonchev–Trinajstić information content (AvgIpc) is 2.95. The standard InChI is InChI=1S/C31H21Cl3N2O5/c32-22-9-8-21(28(34)16-22)18-41-25-6-3-4-19(14-25)15-26-29(37)35-31(39)36(30(26)38)23-10-12-24(13-11-23)40-17-20-5-1-2-7-27(20)33/h1-16H,17-18H2,(H,35,37,39)/b26-15-. The summed E-state index contributed by atoms with van der Waals surface area (Å²) in [5, 5.41) is 3.81. The van der Waals surface area contributed by atoms with Gasteiger partial charge in [-0.25, -0.2) is 9.69 Å². The summed E-state index contributed by atoms with van der Waals surface area (Å²) in [5.41, 5.74) is 2.16. The maximum Gasteiger partial charge on any atom is 0.335 e. The van der Waals surface area contributed by atoms with Crippen LogP contribution in [0.25, 0.3) is 6.08 Å². The van der Waals surface area contributed by atoms with Crippen molar-refractivity contribution in [2.45, 2.75) is 13.2 Å². The fourth-order valence-electron chi connectivity index (χ4n) is 4.02. The highest BCUT2D eigenvalue weighted by Gasteiger charge is 2.36. The van der Waals surface area contributed by atoms with Crippen molar-refractivity contribution in [3.05, 3.63) is 128 Å². The molecule has 1 aliphatic rings. The molecule has 0 aromatic heterocycles. The van der Waals surface area contributed by atoms with Crippen molar-refractivity contribution in [2.24, 2.45) is 0 Å². The zero-order chi connectivity index (χ0) is 28.9. The summed E-state index contributed by atoms with van der Waals surface area (Å²) in [6.45, 7) is 0.439. The van der Waals surface area contributed by atoms with Gasteiger partial charge in [-0.05, 0) is 66.2 Å². The van der Waals surface area contributed by atoms with Crippen LogP contribution in [0, 0.1) is 0 Å². The summed E-state index contributed by atoms with van der Waals surface area (Å²) < 4.78 is 11.6. The van der Waals surface area contributed by atoms with E-state index in [0.717, 1.165) is 16.0 Å². The molecular formula is C31H21Cl3N2O5. The fourth-order valence-corrected chi connectivity index (χ4v) is 4.67. The summed E-state index contributed by atoms with van der Waals surface area (Å²) in [5.74, 6) is -0.547. The van der Waals surface area contributed by atoms with E-state index < -0.39 is 17.8 Å². The summed E-state index contributed by atoms with van der Waals surface area (Å²) >= 11 is 18.3. The van der Waals surface area contributed by atoms with Crippen molar-refractivity contribution in [3.8, 4) is 11.5 Å². The second kappa shape index (κ2) is 12.5. The molecule has 4 aromatic carbocycles. The van der Waals surface area contributed by atoms with Gasteiger partial charge in [0, 0.05) is 26.2 Å². The Morgan fingerprint density at radius 3 is 2.15 bits per heavy atom. The predicted molar refractivity (Wildman–Crippen MR) is 158 cm³/mol. The van der Waals surface area contributed by atoms with Crippen molar-refractivity contribution < 1.29 is 23.9 Å². The minimum atomic E-state index is -0.848. The molecule has 4 aromatic rings. The minimum Gasteiger partial charge on any atom is -0.489 e. The van der Waals surface area contributed by atoms with Gasteiger partial charge in [0.05, 0.1) is 5.69 Å². The number of imide groups is 2. The molecule has 1 N–H and O–H groups in total. The first-order chi connectivity index (χ1) is 19.8. The lowest BCUT2D eigenvalue weighted by atomic mass is 10.1. The zero-order valence-electron chi connectivity index (χ0n) is 21.3. The molecule has 10 heteroatoms. The molecule has 0 aliphatic carbocycles. The molecule has 0 atom stereocenters. The van der Waals surface area contributed by atoms with Gasteiger partial charge in [0.2, 0.25) is 0 Å². The Morgan fingerprint density at radius 1 is 0.707 bits per heavy atom. The van der Waals surface area contributed by atoms with E-state index in [9.17, 15) is 14.4 Å². The number of amides is 4. The maximum absolute atomic E-state index is 13.3. The van der Waals surface area contributed by atoms with Gasteiger partial charge in [0.15, 0.2) is 0 Å². The number of benzene rings is 4. The van der Waals surface area contributed by atoms with E-state index in [1.165, 1.54) is 6.08 Å². The summed E-state index contributed by atoms with van der Waals surface area (Å²) in [6.07, 6.45) is 1.40. The van der Waals surface area contributed by atoms with Crippen LogP contribution in [0.3, 0.4) is 0 Å². The van der Waals surface area contributed by atoms with Gasteiger partial charge in [-0.3, -0.25) is 14.9 Å². The topological polar surface area (TPSA) is 84.9 Å². The first-order valence-electron chi connectivity index (χ1n) is 12.3. The van der Waals surface area contributed by atoms with Crippen LogP contribution in [0.4, 0.5) is 10.5 Å². The Labute approximate surface area is 250 Å². The van der Waals surface area contributed by atoms with E-state index in [1.807, 2.05) is 18.2 Å². The van der Waals surface area contributed by atoms with Crippen molar-refractivity contribution >= 4 is 64.4 Å². The fraction of sp³-hybridized carbons (Fsp3) is 0.0645. The largest absolute Gasteiger partial charge is 0.489 e. The Balaban J connectivity index is 1.30. The number of rotatable bonds is 8. The van der Waals surface area contributed by atoms with Crippen molar-refractivity contribution in [1.82, 2.24) is 5.32 Å². The maximum atomic E-state index is 13.3. The molecule has 1 fully saturated rings. The number of carbonyl (C=O) groups is 3. The third-order valence-corrected chi connectivity index (χ3v) is 7.08. The number of hydrogen-bond donors (Lipinski definition) is 1. The first-order valence-corrected chi connectivity index (χ1v) is 13.5. The van der Waals surface area contributed by atoms with Crippen LogP contribution in [0.1, 0.15) is 16.7 Å². The molecule has 5 rings (SSSR count). The molecule has 0 unspecified atom stereocenters. The highest BCUT2D eigenvalue weighted by Crippen LogP contribution is 2.27. The van der Waals surface area contributed by atoms with E-state index in [4.69, 9.17) is 44.3 Å². The van der Waals surface area contributed by atoms with Gasteiger partial charge >= 0.3 is 6.03 Å². The molecular weight excluding hydrogens is 587 g/mol. The van der Waals surface area contributed by atoms with Gasteiger partial charge in [-0.15, -0.1) is 0 Å². The zero-order valence-corrected chi connectivity index (χ0v) is 23.5. The van der Waals surface area contributed by atoms with Crippen LogP contribution in [-0.4, -0.2) is 17.8 Å². The molecule has 1 saturated heterocycles. The predicted octanol–water partition coefficient (Wildman–Crippen LogP) is 7.47. The van der Waals surface area contributed by atoms with Crippen LogP contribution in [0.2, 0.25) is 15.1 Å². The highest BCUT2D eigenvalue weighted by atomic mass is 35.5. The number of barbiturate groups is 1. The number of nitrogens with zero attached hydrogens (tertiary/aromatic N) is 1. The molecule has 4 amide bonds. The van der Waals surface area contributed by atoms with E-state index in [1.54, 1.807) is 72.8 Å². The van der Waals surface area contributed by atoms with Crippen LogP contribution in [0.5, 0.6) is 11.5 Å². The second-order valence-electron chi connectivity index (χ2n) is 8.93. The number of carbonyl (C=O) groups excluding carboxylic acids is 3. The normalized spacial score (nSPS) is 14.3.